The quantitative estimate of drug-likeness (QED) is 0.784. The number of thiophene rings is 1. The van der Waals surface area contributed by atoms with Crippen LogP contribution in [0.2, 0.25) is 0 Å². The maximum atomic E-state index is 13.5. The first kappa shape index (κ1) is 11.2. The minimum absolute atomic E-state index is 0.299. The fraction of sp³-hybridized carbons (Fsp3) is 0. The third-order valence-corrected chi connectivity index (χ3v) is 4.02. The van der Waals surface area contributed by atoms with Crippen molar-refractivity contribution in [1.29, 1.82) is 0 Å². The lowest BCUT2D eigenvalue weighted by Crippen LogP contribution is -2.09. The van der Waals surface area contributed by atoms with Gasteiger partial charge in [-0.3, -0.25) is 10.1 Å². The molecule has 1 aromatic carbocycles. The van der Waals surface area contributed by atoms with E-state index >= 15 is 0 Å². The molecule has 7 heteroatoms. The van der Waals surface area contributed by atoms with E-state index in [1.165, 1.54) is 34.3 Å². The Hall–Kier alpha value is -1.86. The second-order valence-electron chi connectivity index (χ2n) is 3.46. The summed E-state index contributed by atoms with van der Waals surface area (Å²) in [5.74, 6) is -0.619. The molecule has 90 valence electrons. The number of amides is 1. The fourth-order valence-corrected chi connectivity index (χ4v) is 2.93. The van der Waals surface area contributed by atoms with E-state index in [0.29, 0.717) is 15.4 Å². The number of carbonyl (C=O) groups excluding carboxylic acids is 1. The maximum Gasteiger partial charge on any atom is 0.267 e. The van der Waals surface area contributed by atoms with E-state index in [1.807, 2.05) is 0 Å². The van der Waals surface area contributed by atoms with Gasteiger partial charge >= 0.3 is 0 Å². The van der Waals surface area contributed by atoms with Gasteiger partial charge < -0.3 is 0 Å². The minimum Gasteiger partial charge on any atom is -0.296 e. The van der Waals surface area contributed by atoms with E-state index in [9.17, 15) is 9.18 Å². The molecule has 0 bridgehead atoms. The molecule has 3 rings (SSSR count). The Labute approximate surface area is 109 Å². The average Bonchev–Trinajstić information content (AvgIpc) is 2.97. The fourth-order valence-electron chi connectivity index (χ4n) is 1.52. The van der Waals surface area contributed by atoms with Gasteiger partial charge in [-0.05, 0) is 18.2 Å². The Morgan fingerprint density at radius 1 is 1.39 bits per heavy atom. The molecule has 2 heterocycles. The molecule has 0 radical (unpaired) electrons. The summed E-state index contributed by atoms with van der Waals surface area (Å²) in [6, 6.07) is 6.33. The van der Waals surface area contributed by atoms with Crippen LogP contribution in [0.3, 0.4) is 0 Å². The van der Waals surface area contributed by atoms with Crippen molar-refractivity contribution >= 4 is 43.8 Å². The van der Waals surface area contributed by atoms with Crippen molar-refractivity contribution in [2.24, 2.45) is 0 Å². The van der Waals surface area contributed by atoms with Crippen LogP contribution < -0.4 is 5.32 Å². The highest BCUT2D eigenvalue weighted by Crippen LogP contribution is 2.28. The van der Waals surface area contributed by atoms with E-state index in [1.54, 1.807) is 18.2 Å². The van der Waals surface area contributed by atoms with Gasteiger partial charge in [-0.25, -0.2) is 4.39 Å². The second-order valence-corrected chi connectivity index (χ2v) is 5.38. The largest absolute Gasteiger partial charge is 0.296 e. The van der Waals surface area contributed by atoms with Crippen LogP contribution in [0, 0.1) is 5.82 Å². The molecule has 1 amide bonds. The van der Waals surface area contributed by atoms with E-state index in [0.717, 1.165) is 4.70 Å². The number of hydrogen-bond acceptors (Lipinski definition) is 5. The lowest BCUT2D eigenvalue weighted by atomic mass is 10.2. The zero-order valence-electron chi connectivity index (χ0n) is 8.88. The van der Waals surface area contributed by atoms with E-state index in [4.69, 9.17) is 0 Å². The highest BCUT2D eigenvalue weighted by molar-refractivity contribution is 7.21. The lowest BCUT2D eigenvalue weighted by molar-refractivity contribution is 0.103. The highest BCUT2D eigenvalue weighted by atomic mass is 32.1. The monoisotopic (exact) mass is 279 g/mol. The molecule has 1 N–H and O–H groups in total. The summed E-state index contributed by atoms with van der Waals surface area (Å²) in [6.07, 6.45) is 0. The number of nitrogens with one attached hydrogen (secondary N) is 1. The first-order valence-corrected chi connectivity index (χ1v) is 6.69. The molecule has 0 aliphatic rings. The van der Waals surface area contributed by atoms with Crippen molar-refractivity contribution in [2.45, 2.75) is 0 Å². The van der Waals surface area contributed by atoms with Crippen molar-refractivity contribution in [3.8, 4) is 0 Å². The van der Waals surface area contributed by atoms with Crippen LogP contribution in [0.4, 0.5) is 9.52 Å². The molecular weight excluding hydrogens is 273 g/mol. The van der Waals surface area contributed by atoms with Gasteiger partial charge in [0.25, 0.3) is 5.91 Å². The Bertz CT molecular complexity index is 708. The van der Waals surface area contributed by atoms with Crippen molar-refractivity contribution < 1.29 is 9.18 Å². The van der Waals surface area contributed by atoms with Crippen LogP contribution >= 0.6 is 22.7 Å². The molecule has 18 heavy (non-hydrogen) atoms. The topological polar surface area (TPSA) is 54.9 Å². The molecule has 0 aliphatic heterocycles. The number of carbonyl (C=O) groups is 1. The van der Waals surface area contributed by atoms with Crippen LogP contribution in [0.5, 0.6) is 0 Å². The SMILES string of the molecule is O=C(Nc1nncs1)c1cc2c(F)cccc2s1. The molecule has 0 atom stereocenters. The van der Waals surface area contributed by atoms with Crippen LogP contribution in [0.15, 0.2) is 29.8 Å². The zero-order valence-corrected chi connectivity index (χ0v) is 10.5. The van der Waals surface area contributed by atoms with Gasteiger partial charge in [-0.1, -0.05) is 17.4 Å². The van der Waals surface area contributed by atoms with Gasteiger partial charge in [-0.15, -0.1) is 21.5 Å². The number of fused-ring (bicyclic) bond motifs is 1. The molecule has 0 saturated carbocycles. The van der Waals surface area contributed by atoms with Gasteiger partial charge in [0, 0.05) is 10.1 Å². The van der Waals surface area contributed by atoms with Crippen molar-refractivity contribution in [3.63, 3.8) is 0 Å². The van der Waals surface area contributed by atoms with Gasteiger partial charge in [0.15, 0.2) is 0 Å². The third kappa shape index (κ3) is 1.98. The number of aromatic nitrogens is 2. The van der Waals surface area contributed by atoms with Crippen LogP contribution in [-0.2, 0) is 0 Å². The van der Waals surface area contributed by atoms with Crippen molar-refractivity contribution in [2.75, 3.05) is 5.32 Å². The molecule has 0 saturated heterocycles. The molecule has 4 nitrogen and oxygen atoms in total. The maximum absolute atomic E-state index is 13.5. The summed E-state index contributed by atoms with van der Waals surface area (Å²) < 4.78 is 14.2. The average molecular weight is 279 g/mol. The van der Waals surface area contributed by atoms with Gasteiger partial charge in [0.05, 0.1) is 4.88 Å². The smallest absolute Gasteiger partial charge is 0.267 e. The van der Waals surface area contributed by atoms with E-state index < -0.39 is 0 Å². The van der Waals surface area contributed by atoms with Crippen LogP contribution in [-0.4, -0.2) is 16.1 Å². The summed E-state index contributed by atoms with van der Waals surface area (Å²) in [7, 11) is 0. The molecule has 0 fully saturated rings. The predicted molar refractivity (Wildman–Crippen MR) is 69.6 cm³/mol. The molecule has 0 unspecified atom stereocenters. The number of rotatable bonds is 2. The summed E-state index contributed by atoms with van der Waals surface area (Å²) >= 11 is 2.48. The molecule has 2 aromatic heterocycles. The van der Waals surface area contributed by atoms with E-state index in [-0.39, 0.29) is 11.7 Å². The van der Waals surface area contributed by atoms with Crippen LogP contribution in [0.1, 0.15) is 9.67 Å². The van der Waals surface area contributed by atoms with Gasteiger partial charge in [0.1, 0.15) is 11.3 Å². The predicted octanol–water partition coefficient (Wildman–Crippen LogP) is 3.14. The molecule has 0 aliphatic carbocycles. The molecular formula is C11H6FN3OS2. The number of hydrogen-bond donors (Lipinski definition) is 1. The number of nitrogens with zero attached hydrogens (tertiary/aromatic N) is 2. The second kappa shape index (κ2) is 4.43. The summed E-state index contributed by atoms with van der Waals surface area (Å²) in [4.78, 5) is 12.4. The zero-order chi connectivity index (χ0) is 12.5. The first-order valence-electron chi connectivity index (χ1n) is 4.99. The molecule has 0 spiro atoms. The Morgan fingerprint density at radius 2 is 2.28 bits per heavy atom. The summed E-state index contributed by atoms with van der Waals surface area (Å²) in [5, 5.41) is 10.8. The highest BCUT2D eigenvalue weighted by Gasteiger charge is 2.13. The Kier molecular flexibility index (Phi) is 2.77. The Balaban J connectivity index is 1.94. The van der Waals surface area contributed by atoms with Crippen molar-refractivity contribution in [1.82, 2.24) is 10.2 Å². The van der Waals surface area contributed by atoms with Crippen LogP contribution in [0.25, 0.3) is 10.1 Å². The summed E-state index contributed by atoms with van der Waals surface area (Å²) in [6.45, 7) is 0. The van der Waals surface area contributed by atoms with Gasteiger partial charge in [0.2, 0.25) is 5.13 Å². The first-order chi connectivity index (χ1) is 8.74. The normalized spacial score (nSPS) is 10.7. The number of anilines is 1. The standard InChI is InChI=1S/C11H6FN3OS2/c12-7-2-1-3-8-6(7)4-9(18-8)10(16)14-11-15-13-5-17-11/h1-5H,(H,14,15,16). The third-order valence-electron chi connectivity index (χ3n) is 2.31. The van der Waals surface area contributed by atoms with Crippen molar-refractivity contribution in [3.05, 3.63) is 40.5 Å². The number of benzene rings is 1. The lowest BCUT2D eigenvalue weighted by Gasteiger charge is -1.95. The van der Waals surface area contributed by atoms with E-state index in [2.05, 4.69) is 15.5 Å². The summed E-state index contributed by atoms with van der Waals surface area (Å²) in [5.41, 5.74) is 1.53. The Morgan fingerprint density at radius 3 is 3.00 bits per heavy atom. The minimum atomic E-state index is -0.321. The van der Waals surface area contributed by atoms with Gasteiger partial charge in [-0.2, -0.15) is 0 Å². The number of halogens is 1. The molecule has 3 aromatic rings.